The number of anilines is 1. The Hall–Kier alpha value is -1.44. The highest BCUT2D eigenvalue weighted by Crippen LogP contribution is 2.26. The first-order valence-electron chi connectivity index (χ1n) is 7.93. The molecule has 0 radical (unpaired) electrons. The van der Waals surface area contributed by atoms with Crippen LogP contribution < -0.4 is 5.32 Å². The lowest BCUT2D eigenvalue weighted by Gasteiger charge is -2.26. The molecule has 0 spiro atoms. The monoisotopic (exact) mass is 340 g/mol. The smallest absolute Gasteiger partial charge is 0.250 e. The van der Waals surface area contributed by atoms with Crippen LogP contribution in [0, 0.1) is 6.92 Å². The second-order valence-corrected chi connectivity index (χ2v) is 7.54. The number of aryl methyl sites for hydroxylation is 1. The molecule has 1 aromatic rings. The third-order valence-electron chi connectivity index (χ3n) is 3.84. The topological polar surface area (TPSA) is 75.7 Å². The van der Waals surface area contributed by atoms with Gasteiger partial charge < -0.3 is 10.1 Å². The molecule has 1 heterocycles. The molecule has 0 aromatic heterocycles. The van der Waals surface area contributed by atoms with Crippen LogP contribution in [-0.2, 0) is 19.6 Å². The van der Waals surface area contributed by atoms with Gasteiger partial charge in [0.15, 0.2) is 0 Å². The second kappa shape index (κ2) is 7.90. The van der Waals surface area contributed by atoms with Crippen LogP contribution in [0.5, 0.6) is 0 Å². The molecule has 0 bridgehead atoms. The number of hydrogen-bond acceptors (Lipinski definition) is 4. The SMILES string of the molecule is CCOCC(=O)Nc1ccc(C)c(S(=O)(=O)N2CCCCC2)c1. The number of rotatable bonds is 6. The van der Waals surface area contributed by atoms with Gasteiger partial charge in [0, 0.05) is 25.4 Å². The van der Waals surface area contributed by atoms with Crippen molar-refractivity contribution in [3.8, 4) is 0 Å². The summed E-state index contributed by atoms with van der Waals surface area (Å²) in [7, 11) is -3.52. The first kappa shape index (κ1) is 17.9. The molecule has 0 aliphatic carbocycles. The second-order valence-electron chi connectivity index (χ2n) is 5.63. The summed E-state index contributed by atoms with van der Waals surface area (Å²) < 4.78 is 32.2. The number of piperidine rings is 1. The van der Waals surface area contributed by atoms with Gasteiger partial charge in [-0.3, -0.25) is 4.79 Å². The Kier molecular flexibility index (Phi) is 6.15. The van der Waals surface area contributed by atoms with E-state index in [1.165, 1.54) is 10.4 Å². The Morgan fingerprint density at radius 3 is 2.61 bits per heavy atom. The van der Waals surface area contributed by atoms with E-state index in [2.05, 4.69) is 5.32 Å². The fourth-order valence-corrected chi connectivity index (χ4v) is 4.36. The summed E-state index contributed by atoms with van der Waals surface area (Å²) in [5, 5.41) is 2.67. The van der Waals surface area contributed by atoms with E-state index in [1.807, 2.05) is 6.92 Å². The standard InChI is InChI=1S/C16H24N2O4S/c1-3-22-12-16(19)17-14-8-7-13(2)15(11-14)23(20,21)18-9-5-4-6-10-18/h7-8,11H,3-6,9-10,12H2,1-2H3,(H,17,19). The molecular formula is C16H24N2O4S. The van der Waals surface area contributed by atoms with E-state index in [0.29, 0.717) is 30.9 Å². The van der Waals surface area contributed by atoms with Gasteiger partial charge in [-0.2, -0.15) is 4.31 Å². The van der Waals surface area contributed by atoms with Crippen molar-refractivity contribution in [2.75, 3.05) is 31.6 Å². The molecule has 1 amide bonds. The summed E-state index contributed by atoms with van der Waals surface area (Å²) in [6.45, 7) is 5.10. The van der Waals surface area contributed by atoms with E-state index in [1.54, 1.807) is 19.1 Å². The van der Waals surface area contributed by atoms with Gasteiger partial charge >= 0.3 is 0 Å². The largest absolute Gasteiger partial charge is 0.372 e. The lowest BCUT2D eigenvalue weighted by molar-refractivity contribution is -0.120. The van der Waals surface area contributed by atoms with Crippen molar-refractivity contribution in [1.29, 1.82) is 0 Å². The predicted octanol–water partition coefficient (Wildman–Crippen LogP) is 2.14. The molecule has 23 heavy (non-hydrogen) atoms. The van der Waals surface area contributed by atoms with Crippen LogP contribution in [0.15, 0.2) is 23.1 Å². The molecule has 1 aliphatic rings. The summed E-state index contributed by atoms with van der Waals surface area (Å²) in [5.41, 5.74) is 1.15. The number of hydrogen-bond donors (Lipinski definition) is 1. The molecular weight excluding hydrogens is 316 g/mol. The molecule has 1 aromatic carbocycles. The molecule has 0 atom stereocenters. The Bertz CT molecular complexity index is 652. The average Bonchev–Trinajstić information content (AvgIpc) is 2.55. The Balaban J connectivity index is 2.21. The number of amides is 1. The van der Waals surface area contributed by atoms with Gasteiger partial charge in [0.1, 0.15) is 6.61 Å². The minimum atomic E-state index is -3.52. The van der Waals surface area contributed by atoms with Gasteiger partial charge in [0.2, 0.25) is 15.9 Å². The molecule has 0 unspecified atom stereocenters. The van der Waals surface area contributed by atoms with E-state index < -0.39 is 10.0 Å². The predicted molar refractivity (Wildman–Crippen MR) is 88.9 cm³/mol. The van der Waals surface area contributed by atoms with Crippen molar-refractivity contribution in [3.05, 3.63) is 23.8 Å². The summed E-state index contributed by atoms with van der Waals surface area (Å²) in [4.78, 5) is 12.0. The van der Waals surface area contributed by atoms with Crippen molar-refractivity contribution < 1.29 is 17.9 Å². The Morgan fingerprint density at radius 2 is 1.96 bits per heavy atom. The van der Waals surface area contributed by atoms with E-state index >= 15 is 0 Å². The number of carbonyl (C=O) groups is 1. The average molecular weight is 340 g/mol. The van der Waals surface area contributed by atoms with Crippen molar-refractivity contribution in [1.82, 2.24) is 4.31 Å². The van der Waals surface area contributed by atoms with E-state index in [-0.39, 0.29) is 17.4 Å². The molecule has 6 nitrogen and oxygen atoms in total. The number of benzene rings is 1. The maximum absolute atomic E-state index is 12.8. The fraction of sp³-hybridized carbons (Fsp3) is 0.562. The highest BCUT2D eigenvalue weighted by Gasteiger charge is 2.27. The lowest BCUT2D eigenvalue weighted by atomic mass is 10.2. The number of nitrogens with one attached hydrogen (secondary N) is 1. The van der Waals surface area contributed by atoms with Gasteiger partial charge in [-0.1, -0.05) is 12.5 Å². The highest BCUT2D eigenvalue weighted by molar-refractivity contribution is 7.89. The fourth-order valence-electron chi connectivity index (χ4n) is 2.59. The van der Waals surface area contributed by atoms with Gasteiger partial charge in [0.25, 0.3) is 0 Å². The summed E-state index contributed by atoms with van der Waals surface area (Å²) in [5.74, 6) is -0.294. The minimum absolute atomic E-state index is 0.0431. The summed E-state index contributed by atoms with van der Waals surface area (Å²) in [6.07, 6.45) is 2.85. The molecule has 0 saturated carbocycles. The molecule has 1 aliphatic heterocycles. The van der Waals surface area contributed by atoms with Crippen LogP contribution in [0.4, 0.5) is 5.69 Å². The van der Waals surface area contributed by atoms with Crippen LogP contribution >= 0.6 is 0 Å². The third-order valence-corrected chi connectivity index (χ3v) is 5.88. The summed E-state index contributed by atoms with van der Waals surface area (Å²) in [6, 6.07) is 4.95. The van der Waals surface area contributed by atoms with E-state index in [4.69, 9.17) is 4.74 Å². The van der Waals surface area contributed by atoms with Crippen molar-refractivity contribution in [3.63, 3.8) is 0 Å². The Morgan fingerprint density at radius 1 is 1.26 bits per heavy atom. The zero-order valence-corrected chi connectivity index (χ0v) is 14.5. The minimum Gasteiger partial charge on any atom is -0.372 e. The number of sulfonamides is 1. The van der Waals surface area contributed by atoms with Gasteiger partial charge in [-0.05, 0) is 44.4 Å². The number of ether oxygens (including phenoxy) is 1. The molecule has 2 rings (SSSR count). The van der Waals surface area contributed by atoms with Gasteiger partial charge in [-0.15, -0.1) is 0 Å². The van der Waals surface area contributed by atoms with Gasteiger partial charge in [0.05, 0.1) is 4.90 Å². The Labute approximate surface area is 137 Å². The molecule has 7 heteroatoms. The lowest BCUT2D eigenvalue weighted by Crippen LogP contribution is -2.36. The zero-order valence-electron chi connectivity index (χ0n) is 13.7. The van der Waals surface area contributed by atoms with E-state index in [9.17, 15) is 13.2 Å². The maximum atomic E-state index is 12.8. The first-order valence-corrected chi connectivity index (χ1v) is 9.37. The summed E-state index contributed by atoms with van der Waals surface area (Å²) >= 11 is 0. The molecule has 1 N–H and O–H groups in total. The van der Waals surface area contributed by atoms with Crippen LogP contribution in [0.1, 0.15) is 31.7 Å². The van der Waals surface area contributed by atoms with Crippen LogP contribution in [0.3, 0.4) is 0 Å². The van der Waals surface area contributed by atoms with Crippen molar-refractivity contribution in [2.24, 2.45) is 0 Å². The molecule has 1 saturated heterocycles. The quantitative estimate of drug-likeness (QED) is 0.861. The maximum Gasteiger partial charge on any atom is 0.250 e. The zero-order chi connectivity index (χ0) is 16.9. The normalized spacial score (nSPS) is 16.3. The molecule has 128 valence electrons. The van der Waals surface area contributed by atoms with Crippen molar-refractivity contribution >= 4 is 21.6 Å². The van der Waals surface area contributed by atoms with Crippen LogP contribution in [0.2, 0.25) is 0 Å². The number of carbonyl (C=O) groups excluding carboxylic acids is 1. The van der Waals surface area contributed by atoms with Gasteiger partial charge in [-0.25, -0.2) is 8.42 Å². The highest BCUT2D eigenvalue weighted by atomic mass is 32.2. The number of nitrogens with zero attached hydrogens (tertiary/aromatic N) is 1. The third kappa shape index (κ3) is 4.53. The van der Waals surface area contributed by atoms with Crippen LogP contribution in [-0.4, -0.2) is 44.9 Å². The van der Waals surface area contributed by atoms with E-state index in [0.717, 1.165) is 19.3 Å². The van der Waals surface area contributed by atoms with Crippen LogP contribution in [0.25, 0.3) is 0 Å². The first-order chi connectivity index (χ1) is 10.9. The molecule has 1 fully saturated rings. The van der Waals surface area contributed by atoms with Crippen molar-refractivity contribution in [2.45, 2.75) is 38.0 Å².